The lowest BCUT2D eigenvalue weighted by Crippen LogP contribution is -2.39. The van der Waals surface area contributed by atoms with Gasteiger partial charge in [0.05, 0.1) is 5.92 Å². The van der Waals surface area contributed by atoms with Crippen LogP contribution in [0.5, 0.6) is 0 Å². The minimum absolute atomic E-state index is 0.113. The van der Waals surface area contributed by atoms with Crippen LogP contribution in [0.1, 0.15) is 70.3 Å². The summed E-state index contributed by atoms with van der Waals surface area (Å²) in [5.41, 5.74) is 0.833. The van der Waals surface area contributed by atoms with E-state index in [-0.39, 0.29) is 23.7 Å². The van der Waals surface area contributed by atoms with Crippen molar-refractivity contribution in [2.75, 3.05) is 11.9 Å². The lowest BCUT2D eigenvalue weighted by Gasteiger charge is -2.33. The first kappa shape index (κ1) is 18.8. The molecule has 6 heteroatoms. The number of hydrogen-bond donors (Lipinski definition) is 1. The summed E-state index contributed by atoms with van der Waals surface area (Å²) in [6, 6.07) is 2.09. The number of carbonyl (C=O) groups is 2. The highest BCUT2D eigenvalue weighted by Crippen LogP contribution is 2.31. The third kappa shape index (κ3) is 4.22. The summed E-state index contributed by atoms with van der Waals surface area (Å²) in [4.78, 5) is 35.9. The molecule has 1 saturated carbocycles. The molecule has 0 spiro atoms. The molecule has 1 unspecified atom stereocenters. The average molecular weight is 358 g/mol. The molecule has 2 amide bonds. The van der Waals surface area contributed by atoms with Gasteiger partial charge in [-0.15, -0.1) is 0 Å². The Morgan fingerprint density at radius 3 is 2.58 bits per heavy atom. The maximum atomic E-state index is 12.7. The number of likely N-dealkylation sites (tertiary alicyclic amines) is 1. The summed E-state index contributed by atoms with van der Waals surface area (Å²) in [5, 5.41) is 2.90. The first-order valence-corrected chi connectivity index (χ1v) is 9.79. The largest absolute Gasteiger partial charge is 0.339 e. The van der Waals surface area contributed by atoms with Crippen LogP contribution in [-0.4, -0.2) is 39.3 Å². The van der Waals surface area contributed by atoms with Crippen molar-refractivity contribution in [3.05, 3.63) is 17.6 Å². The van der Waals surface area contributed by atoms with Gasteiger partial charge in [0.2, 0.25) is 11.8 Å². The number of rotatable bonds is 4. The molecule has 2 heterocycles. The molecule has 6 nitrogen and oxygen atoms in total. The number of amides is 2. The Morgan fingerprint density at radius 1 is 1.23 bits per heavy atom. The predicted octanol–water partition coefficient (Wildman–Crippen LogP) is 3.27. The maximum Gasteiger partial charge on any atom is 0.230 e. The van der Waals surface area contributed by atoms with Gasteiger partial charge in [0.15, 0.2) is 0 Å². The minimum Gasteiger partial charge on any atom is -0.339 e. The van der Waals surface area contributed by atoms with Crippen molar-refractivity contribution >= 4 is 17.6 Å². The molecule has 1 aromatic rings. The molecule has 2 aliphatic rings. The van der Waals surface area contributed by atoms with E-state index >= 15 is 0 Å². The Kier molecular flexibility index (Phi) is 5.58. The zero-order chi connectivity index (χ0) is 18.8. The summed E-state index contributed by atoms with van der Waals surface area (Å²) >= 11 is 0. The third-order valence-corrected chi connectivity index (χ3v) is 5.59. The van der Waals surface area contributed by atoms with Crippen molar-refractivity contribution in [1.82, 2.24) is 14.9 Å². The molecule has 1 saturated heterocycles. The number of anilines is 1. The van der Waals surface area contributed by atoms with Crippen LogP contribution >= 0.6 is 0 Å². The van der Waals surface area contributed by atoms with Crippen LogP contribution in [0.25, 0.3) is 0 Å². The van der Waals surface area contributed by atoms with Gasteiger partial charge in [-0.25, -0.2) is 9.97 Å². The van der Waals surface area contributed by atoms with Crippen molar-refractivity contribution in [1.29, 1.82) is 0 Å². The van der Waals surface area contributed by atoms with E-state index in [0.717, 1.165) is 30.3 Å². The van der Waals surface area contributed by atoms with Crippen LogP contribution in [0.15, 0.2) is 6.07 Å². The second-order valence-corrected chi connectivity index (χ2v) is 8.26. The first-order valence-electron chi connectivity index (χ1n) is 9.79. The zero-order valence-electron chi connectivity index (χ0n) is 16.3. The predicted molar refractivity (Wildman–Crippen MR) is 101 cm³/mol. The Balaban J connectivity index is 1.63. The van der Waals surface area contributed by atoms with Crippen LogP contribution < -0.4 is 5.32 Å². The minimum atomic E-state index is -0.292. The lowest BCUT2D eigenvalue weighted by molar-refractivity contribution is -0.130. The van der Waals surface area contributed by atoms with Gasteiger partial charge in [-0.1, -0.05) is 20.8 Å². The highest BCUT2D eigenvalue weighted by atomic mass is 16.2. The molecule has 0 aromatic carbocycles. The molecule has 1 aromatic heterocycles. The molecular weight excluding hydrogens is 328 g/mol. The van der Waals surface area contributed by atoms with Gasteiger partial charge < -0.3 is 10.2 Å². The zero-order valence-corrected chi connectivity index (χ0v) is 16.3. The topological polar surface area (TPSA) is 75.2 Å². The normalized spacial score (nSPS) is 26.4. The number of aryl methyl sites for hydroxylation is 1. The smallest absolute Gasteiger partial charge is 0.230 e. The van der Waals surface area contributed by atoms with Gasteiger partial charge in [0, 0.05) is 36.7 Å². The van der Waals surface area contributed by atoms with E-state index < -0.39 is 0 Å². The molecule has 1 aliphatic heterocycles. The fraction of sp³-hybridized carbons (Fsp3) is 0.700. The summed E-state index contributed by atoms with van der Waals surface area (Å²) in [6.45, 7) is 8.75. The molecule has 3 rings (SSSR count). The molecule has 1 aliphatic carbocycles. The van der Waals surface area contributed by atoms with Gasteiger partial charge in [0.1, 0.15) is 11.6 Å². The number of aromatic nitrogens is 2. The number of nitrogens with zero attached hydrogens (tertiary/aromatic N) is 3. The van der Waals surface area contributed by atoms with E-state index in [0.29, 0.717) is 24.8 Å². The summed E-state index contributed by atoms with van der Waals surface area (Å²) in [5.74, 6) is 1.91. The molecule has 142 valence electrons. The van der Waals surface area contributed by atoms with Crippen molar-refractivity contribution in [3.8, 4) is 0 Å². The SMILES string of the molecule is Cc1cc(NC(=O)C2CC(=O)N(C3CCC(C)CC3)C2)nc(C(C)C)n1. The number of carbonyl (C=O) groups excluding carboxylic acids is 2. The Bertz CT molecular complexity index is 680. The Hall–Kier alpha value is -1.98. The van der Waals surface area contributed by atoms with E-state index in [4.69, 9.17) is 0 Å². The maximum absolute atomic E-state index is 12.7. The van der Waals surface area contributed by atoms with Crippen molar-refractivity contribution in [2.24, 2.45) is 11.8 Å². The van der Waals surface area contributed by atoms with Crippen LogP contribution in [0.3, 0.4) is 0 Å². The molecule has 0 bridgehead atoms. The van der Waals surface area contributed by atoms with Crippen molar-refractivity contribution in [3.63, 3.8) is 0 Å². The molecule has 1 atom stereocenters. The van der Waals surface area contributed by atoms with Gasteiger partial charge in [-0.2, -0.15) is 0 Å². The molecule has 26 heavy (non-hydrogen) atoms. The monoisotopic (exact) mass is 358 g/mol. The van der Waals surface area contributed by atoms with Crippen LogP contribution in [0.2, 0.25) is 0 Å². The lowest BCUT2D eigenvalue weighted by atomic mass is 9.87. The van der Waals surface area contributed by atoms with E-state index in [1.165, 1.54) is 12.8 Å². The van der Waals surface area contributed by atoms with E-state index in [1.807, 2.05) is 25.7 Å². The van der Waals surface area contributed by atoms with Crippen LogP contribution in [-0.2, 0) is 9.59 Å². The highest BCUT2D eigenvalue weighted by molar-refractivity contribution is 5.96. The second-order valence-electron chi connectivity index (χ2n) is 8.26. The molecule has 2 fully saturated rings. The Labute approximate surface area is 155 Å². The highest BCUT2D eigenvalue weighted by Gasteiger charge is 2.38. The molecule has 1 N–H and O–H groups in total. The quantitative estimate of drug-likeness (QED) is 0.896. The fourth-order valence-corrected chi connectivity index (χ4v) is 3.96. The summed E-state index contributed by atoms with van der Waals surface area (Å²) in [7, 11) is 0. The standard InChI is InChI=1S/C20H30N4O2/c1-12(2)19-21-14(4)9-17(22-19)23-20(26)15-10-18(25)24(11-15)16-7-5-13(3)6-8-16/h9,12-13,15-16H,5-8,10-11H2,1-4H3,(H,21,22,23,26). The fourth-order valence-electron chi connectivity index (χ4n) is 3.96. The molecular formula is C20H30N4O2. The Morgan fingerprint density at radius 2 is 1.92 bits per heavy atom. The van der Waals surface area contributed by atoms with E-state index in [2.05, 4.69) is 22.2 Å². The summed E-state index contributed by atoms with van der Waals surface area (Å²) < 4.78 is 0. The summed E-state index contributed by atoms with van der Waals surface area (Å²) in [6.07, 6.45) is 4.76. The van der Waals surface area contributed by atoms with Crippen molar-refractivity contribution in [2.45, 2.75) is 71.8 Å². The third-order valence-electron chi connectivity index (χ3n) is 5.59. The van der Waals surface area contributed by atoms with Crippen molar-refractivity contribution < 1.29 is 9.59 Å². The van der Waals surface area contributed by atoms with E-state index in [1.54, 1.807) is 6.07 Å². The van der Waals surface area contributed by atoms with Gasteiger partial charge >= 0.3 is 0 Å². The van der Waals surface area contributed by atoms with Crippen LogP contribution in [0, 0.1) is 18.8 Å². The van der Waals surface area contributed by atoms with E-state index in [9.17, 15) is 9.59 Å². The van der Waals surface area contributed by atoms with Gasteiger partial charge in [-0.3, -0.25) is 9.59 Å². The molecule has 0 radical (unpaired) electrons. The van der Waals surface area contributed by atoms with Gasteiger partial charge in [-0.05, 0) is 38.5 Å². The van der Waals surface area contributed by atoms with Crippen LogP contribution in [0.4, 0.5) is 5.82 Å². The number of hydrogen-bond acceptors (Lipinski definition) is 4. The van der Waals surface area contributed by atoms with Gasteiger partial charge in [0.25, 0.3) is 0 Å². The number of nitrogens with one attached hydrogen (secondary N) is 1. The second kappa shape index (κ2) is 7.72. The first-order chi connectivity index (χ1) is 12.3. The average Bonchev–Trinajstić information content (AvgIpc) is 2.97.